The molecule has 0 saturated heterocycles. The van der Waals surface area contributed by atoms with Gasteiger partial charge in [0.25, 0.3) is 6.01 Å². The molecule has 0 bridgehead atoms. The minimum Gasteiger partial charge on any atom is -0.424 e. The van der Waals surface area contributed by atoms with Crippen molar-refractivity contribution in [2.75, 3.05) is 19.0 Å². The highest BCUT2D eigenvalue weighted by atomic mass is 19.1. The average molecular weight is 318 g/mol. The zero-order chi connectivity index (χ0) is 16.2. The van der Waals surface area contributed by atoms with Crippen molar-refractivity contribution >= 4 is 17.1 Å². The summed E-state index contributed by atoms with van der Waals surface area (Å²) in [6.45, 7) is 0.859. The quantitative estimate of drug-likeness (QED) is 0.748. The number of nitrogens with one attached hydrogen (secondary N) is 1. The van der Waals surface area contributed by atoms with Gasteiger partial charge in [-0.25, -0.2) is 8.78 Å². The summed E-state index contributed by atoms with van der Waals surface area (Å²) in [5.74, 6) is -1.22. The molecule has 0 amide bonds. The molecule has 23 heavy (non-hydrogen) atoms. The molecule has 0 fully saturated rings. The van der Waals surface area contributed by atoms with Crippen LogP contribution >= 0.6 is 0 Å². The van der Waals surface area contributed by atoms with E-state index < -0.39 is 11.6 Å². The van der Waals surface area contributed by atoms with Gasteiger partial charge in [0.15, 0.2) is 5.58 Å². The number of oxazole rings is 1. The minimum atomic E-state index is -0.609. The van der Waals surface area contributed by atoms with Gasteiger partial charge in [0.2, 0.25) is 0 Å². The molecule has 0 atom stereocenters. The van der Waals surface area contributed by atoms with Crippen LogP contribution in [0.1, 0.15) is 11.1 Å². The normalized spacial score (nSPS) is 11.1. The number of benzene rings is 2. The van der Waals surface area contributed by atoms with Crippen LogP contribution in [0.4, 0.5) is 14.8 Å². The Morgan fingerprint density at radius 3 is 2.61 bits per heavy atom. The third-order valence-electron chi connectivity index (χ3n) is 3.41. The third-order valence-corrected chi connectivity index (χ3v) is 3.41. The highest BCUT2D eigenvalue weighted by Gasteiger charge is 2.07. The van der Waals surface area contributed by atoms with Crippen LogP contribution in [0.2, 0.25) is 0 Å². The molecule has 1 heterocycles. The van der Waals surface area contributed by atoms with Crippen molar-refractivity contribution in [1.82, 2.24) is 4.98 Å². The molecular weight excluding hydrogens is 302 g/mol. The van der Waals surface area contributed by atoms with E-state index in [0.717, 1.165) is 23.6 Å². The fraction of sp³-hybridized carbons (Fsp3) is 0.235. The molecule has 0 aliphatic carbocycles. The van der Waals surface area contributed by atoms with Crippen molar-refractivity contribution in [3.05, 3.63) is 59.2 Å². The first-order valence-electron chi connectivity index (χ1n) is 7.21. The van der Waals surface area contributed by atoms with Crippen LogP contribution in [0.3, 0.4) is 0 Å². The highest BCUT2D eigenvalue weighted by molar-refractivity contribution is 5.75. The van der Waals surface area contributed by atoms with Gasteiger partial charge >= 0.3 is 0 Å². The van der Waals surface area contributed by atoms with E-state index in [-0.39, 0.29) is 6.54 Å². The zero-order valence-electron chi connectivity index (χ0n) is 12.6. The topological polar surface area (TPSA) is 47.3 Å². The number of methoxy groups -OCH3 is 1. The molecular formula is C17H16F2N2O2. The van der Waals surface area contributed by atoms with Crippen molar-refractivity contribution in [3.63, 3.8) is 0 Å². The molecule has 4 nitrogen and oxygen atoms in total. The zero-order valence-corrected chi connectivity index (χ0v) is 12.6. The summed E-state index contributed by atoms with van der Waals surface area (Å²) in [4.78, 5) is 4.34. The SMILES string of the molecule is COCCc1ccc2oc(NCc3cc(F)cc(F)c3)nc2c1. The molecule has 0 aliphatic heterocycles. The van der Waals surface area contributed by atoms with Crippen molar-refractivity contribution < 1.29 is 17.9 Å². The maximum Gasteiger partial charge on any atom is 0.295 e. The lowest BCUT2D eigenvalue weighted by Crippen LogP contribution is -2.00. The van der Waals surface area contributed by atoms with E-state index in [1.165, 1.54) is 12.1 Å². The van der Waals surface area contributed by atoms with Gasteiger partial charge in [-0.1, -0.05) is 6.07 Å². The van der Waals surface area contributed by atoms with Gasteiger partial charge in [0, 0.05) is 19.7 Å². The fourth-order valence-electron chi connectivity index (χ4n) is 2.31. The lowest BCUT2D eigenvalue weighted by atomic mass is 10.1. The van der Waals surface area contributed by atoms with E-state index in [9.17, 15) is 8.78 Å². The first-order valence-corrected chi connectivity index (χ1v) is 7.21. The summed E-state index contributed by atoms with van der Waals surface area (Å²) in [6.07, 6.45) is 0.796. The van der Waals surface area contributed by atoms with E-state index in [0.29, 0.717) is 23.8 Å². The van der Waals surface area contributed by atoms with E-state index in [4.69, 9.17) is 9.15 Å². The Labute approximate surface area is 132 Å². The second-order valence-electron chi connectivity index (χ2n) is 5.20. The predicted molar refractivity (Wildman–Crippen MR) is 83.3 cm³/mol. The number of anilines is 1. The molecule has 1 N–H and O–H groups in total. The van der Waals surface area contributed by atoms with Crippen LogP contribution in [-0.4, -0.2) is 18.7 Å². The molecule has 2 aromatic carbocycles. The van der Waals surface area contributed by atoms with Gasteiger partial charge in [-0.15, -0.1) is 0 Å². The predicted octanol–water partition coefficient (Wildman–Crippen LogP) is 3.91. The largest absolute Gasteiger partial charge is 0.424 e. The molecule has 120 valence electrons. The van der Waals surface area contributed by atoms with Gasteiger partial charge in [0.1, 0.15) is 17.2 Å². The van der Waals surface area contributed by atoms with E-state index in [1.54, 1.807) is 7.11 Å². The van der Waals surface area contributed by atoms with E-state index >= 15 is 0 Å². The molecule has 0 unspecified atom stereocenters. The van der Waals surface area contributed by atoms with Gasteiger partial charge in [-0.3, -0.25) is 0 Å². The number of hydrogen-bond acceptors (Lipinski definition) is 4. The summed E-state index contributed by atoms with van der Waals surface area (Å²) in [5.41, 5.74) is 2.96. The second-order valence-corrected chi connectivity index (χ2v) is 5.20. The smallest absolute Gasteiger partial charge is 0.295 e. The van der Waals surface area contributed by atoms with Gasteiger partial charge < -0.3 is 14.5 Å². The van der Waals surface area contributed by atoms with E-state index in [1.807, 2.05) is 18.2 Å². The van der Waals surface area contributed by atoms with E-state index in [2.05, 4.69) is 10.3 Å². The molecule has 6 heteroatoms. The highest BCUT2D eigenvalue weighted by Crippen LogP contribution is 2.21. The summed E-state index contributed by atoms with van der Waals surface area (Å²) in [7, 11) is 1.66. The number of aromatic nitrogens is 1. The molecule has 0 aliphatic rings. The Hall–Kier alpha value is -2.47. The number of halogens is 2. The Bertz CT molecular complexity index is 797. The van der Waals surface area contributed by atoms with Crippen molar-refractivity contribution in [2.24, 2.45) is 0 Å². The van der Waals surface area contributed by atoms with Crippen LogP contribution in [0, 0.1) is 11.6 Å². The fourth-order valence-corrected chi connectivity index (χ4v) is 2.31. The van der Waals surface area contributed by atoms with Crippen LogP contribution < -0.4 is 5.32 Å². The van der Waals surface area contributed by atoms with Crippen LogP contribution in [-0.2, 0) is 17.7 Å². The molecule has 0 saturated carbocycles. The molecule has 0 radical (unpaired) electrons. The maximum atomic E-state index is 13.2. The lowest BCUT2D eigenvalue weighted by molar-refractivity contribution is 0.202. The molecule has 3 aromatic rings. The van der Waals surface area contributed by atoms with Crippen LogP contribution in [0.5, 0.6) is 0 Å². The van der Waals surface area contributed by atoms with Crippen LogP contribution in [0.25, 0.3) is 11.1 Å². The number of rotatable bonds is 6. The van der Waals surface area contributed by atoms with Gasteiger partial charge in [-0.05, 0) is 41.8 Å². The first kappa shape index (κ1) is 15.4. The van der Waals surface area contributed by atoms with Crippen molar-refractivity contribution in [2.45, 2.75) is 13.0 Å². The minimum absolute atomic E-state index is 0.220. The maximum absolute atomic E-state index is 13.2. The summed E-state index contributed by atoms with van der Waals surface area (Å²) in [5, 5.41) is 2.93. The molecule has 1 aromatic heterocycles. The van der Waals surface area contributed by atoms with Crippen molar-refractivity contribution in [1.29, 1.82) is 0 Å². The number of ether oxygens (including phenoxy) is 1. The third kappa shape index (κ3) is 3.84. The van der Waals surface area contributed by atoms with Crippen molar-refractivity contribution in [3.8, 4) is 0 Å². The molecule has 3 rings (SSSR count). The summed E-state index contributed by atoms with van der Waals surface area (Å²) < 4.78 is 36.9. The Morgan fingerprint density at radius 2 is 1.87 bits per heavy atom. The summed E-state index contributed by atoms with van der Waals surface area (Å²) in [6, 6.07) is 9.42. The van der Waals surface area contributed by atoms with Crippen LogP contribution in [0.15, 0.2) is 40.8 Å². The Morgan fingerprint density at radius 1 is 1.09 bits per heavy atom. The van der Waals surface area contributed by atoms with Gasteiger partial charge in [-0.2, -0.15) is 4.98 Å². The lowest BCUT2D eigenvalue weighted by Gasteiger charge is -2.02. The first-order chi connectivity index (χ1) is 11.1. The Kier molecular flexibility index (Phi) is 4.52. The second kappa shape index (κ2) is 6.75. The number of hydrogen-bond donors (Lipinski definition) is 1. The molecule has 0 spiro atoms. The summed E-state index contributed by atoms with van der Waals surface area (Å²) >= 11 is 0. The number of nitrogens with zero attached hydrogens (tertiary/aromatic N) is 1. The average Bonchev–Trinajstić information content (AvgIpc) is 2.92. The van der Waals surface area contributed by atoms with Gasteiger partial charge in [0.05, 0.1) is 6.61 Å². The Balaban J connectivity index is 1.72. The monoisotopic (exact) mass is 318 g/mol. The standard InChI is InChI=1S/C17H16F2N2O2/c1-22-5-4-11-2-3-16-15(8-11)21-17(23-16)20-10-12-6-13(18)9-14(19)7-12/h2-3,6-9H,4-5,10H2,1H3,(H,20,21). The number of fused-ring (bicyclic) bond motifs is 1.